The van der Waals surface area contributed by atoms with E-state index in [0.29, 0.717) is 11.5 Å². The fourth-order valence-corrected chi connectivity index (χ4v) is 1.60. The van der Waals surface area contributed by atoms with E-state index >= 15 is 0 Å². The molecule has 0 unspecified atom stereocenters. The van der Waals surface area contributed by atoms with E-state index in [2.05, 4.69) is 0 Å². The first-order chi connectivity index (χ1) is 7.00. The normalized spacial score (nSPS) is 28.6. The van der Waals surface area contributed by atoms with E-state index in [1.165, 1.54) is 13.8 Å². The molecule has 2 atom stereocenters. The number of ether oxygens (including phenoxy) is 2. The lowest BCUT2D eigenvalue weighted by Gasteiger charge is -2.36. The highest BCUT2D eigenvalue weighted by atomic mass is 16.7. The lowest BCUT2D eigenvalue weighted by Crippen LogP contribution is -2.54. The molecule has 0 fully saturated rings. The fourth-order valence-electron chi connectivity index (χ4n) is 1.60. The molecule has 0 radical (unpaired) electrons. The topological polar surface area (TPSA) is 55.8 Å². The van der Waals surface area contributed by atoms with Gasteiger partial charge in [-0.05, 0) is 19.1 Å². The van der Waals surface area contributed by atoms with E-state index in [1.54, 1.807) is 24.3 Å². The third kappa shape index (κ3) is 1.68. The Balaban J connectivity index is 2.40. The Morgan fingerprint density at radius 3 is 2.60 bits per heavy atom. The summed E-state index contributed by atoms with van der Waals surface area (Å²) in [4.78, 5) is 11.3. The number of para-hydroxylation sites is 2. The van der Waals surface area contributed by atoms with Gasteiger partial charge in [0, 0.05) is 6.92 Å². The minimum atomic E-state index is -1.61. The van der Waals surface area contributed by atoms with Gasteiger partial charge in [0.25, 0.3) is 0 Å². The number of fused-ring (bicyclic) bond motifs is 1. The summed E-state index contributed by atoms with van der Waals surface area (Å²) in [7, 11) is 0. The maximum atomic E-state index is 11.3. The lowest BCUT2D eigenvalue weighted by molar-refractivity contribution is -0.199. The third-order valence-electron chi connectivity index (χ3n) is 2.27. The zero-order chi connectivity index (χ0) is 11.1. The number of Topliss-reactive ketones (excluding diaryl/α,β-unsaturated/α-hetero) is 1. The summed E-state index contributed by atoms with van der Waals surface area (Å²) in [6.07, 6.45) is -0.979. The van der Waals surface area contributed by atoms with Crippen molar-refractivity contribution >= 4 is 5.78 Å². The summed E-state index contributed by atoms with van der Waals surface area (Å²) in [6.45, 7) is 2.77. The first kappa shape index (κ1) is 9.98. The molecular weight excluding hydrogens is 196 g/mol. The second-order valence-corrected chi connectivity index (χ2v) is 3.71. The first-order valence-corrected chi connectivity index (χ1v) is 4.68. The lowest BCUT2D eigenvalue weighted by atomic mass is 10.1. The average molecular weight is 208 g/mol. The number of aliphatic hydroxyl groups is 1. The van der Waals surface area contributed by atoms with Crippen molar-refractivity contribution in [3.63, 3.8) is 0 Å². The van der Waals surface area contributed by atoms with Gasteiger partial charge in [-0.1, -0.05) is 12.1 Å². The Morgan fingerprint density at radius 2 is 2.00 bits per heavy atom. The average Bonchev–Trinajstić information content (AvgIpc) is 2.14. The van der Waals surface area contributed by atoms with Crippen LogP contribution in [0.2, 0.25) is 0 Å². The molecule has 1 heterocycles. The van der Waals surface area contributed by atoms with Crippen molar-refractivity contribution in [1.29, 1.82) is 0 Å². The molecule has 0 saturated carbocycles. The second-order valence-electron chi connectivity index (χ2n) is 3.71. The van der Waals surface area contributed by atoms with E-state index in [9.17, 15) is 9.90 Å². The van der Waals surface area contributed by atoms with Crippen molar-refractivity contribution < 1.29 is 19.4 Å². The SMILES string of the molecule is CC(=O)[C@H]1Oc2ccccc2O[C@]1(C)O. The van der Waals surface area contributed by atoms with Gasteiger partial charge in [-0.2, -0.15) is 0 Å². The summed E-state index contributed by atoms with van der Waals surface area (Å²) in [5, 5.41) is 9.88. The van der Waals surface area contributed by atoms with E-state index in [4.69, 9.17) is 9.47 Å². The van der Waals surface area contributed by atoms with E-state index < -0.39 is 11.9 Å². The largest absolute Gasteiger partial charge is 0.472 e. The van der Waals surface area contributed by atoms with Gasteiger partial charge in [0.1, 0.15) is 0 Å². The Bertz CT molecular complexity index is 397. The quantitative estimate of drug-likeness (QED) is 0.751. The number of carbonyl (C=O) groups is 1. The molecule has 0 spiro atoms. The summed E-state index contributed by atoms with van der Waals surface area (Å²) in [5.74, 6) is -0.959. The van der Waals surface area contributed by atoms with Gasteiger partial charge in [-0.3, -0.25) is 4.79 Å². The van der Waals surface area contributed by atoms with Crippen molar-refractivity contribution in [3.8, 4) is 11.5 Å². The predicted molar refractivity (Wildman–Crippen MR) is 52.8 cm³/mol. The number of carbonyl (C=O) groups excluding carboxylic acids is 1. The van der Waals surface area contributed by atoms with Crippen LogP contribution in [0.5, 0.6) is 11.5 Å². The van der Waals surface area contributed by atoms with Crippen LogP contribution < -0.4 is 9.47 Å². The highest BCUT2D eigenvalue weighted by Gasteiger charge is 2.43. The molecule has 0 amide bonds. The van der Waals surface area contributed by atoms with Crippen LogP contribution >= 0.6 is 0 Å². The predicted octanol–water partition coefficient (Wildman–Crippen LogP) is 1.12. The van der Waals surface area contributed by atoms with Crippen LogP contribution in [-0.4, -0.2) is 22.8 Å². The maximum absolute atomic E-state index is 11.3. The van der Waals surface area contributed by atoms with Crippen LogP contribution in [0.4, 0.5) is 0 Å². The smallest absolute Gasteiger partial charge is 0.250 e. The van der Waals surface area contributed by atoms with E-state index in [-0.39, 0.29) is 5.78 Å². The molecule has 2 rings (SSSR count). The molecule has 0 aromatic heterocycles. The summed E-state index contributed by atoms with van der Waals surface area (Å²) >= 11 is 0. The van der Waals surface area contributed by atoms with Crippen LogP contribution in [0.15, 0.2) is 24.3 Å². The van der Waals surface area contributed by atoms with Gasteiger partial charge < -0.3 is 14.6 Å². The molecule has 1 aliphatic heterocycles. The fraction of sp³-hybridized carbons (Fsp3) is 0.364. The van der Waals surface area contributed by atoms with Gasteiger partial charge in [0.2, 0.25) is 11.9 Å². The van der Waals surface area contributed by atoms with Crippen molar-refractivity contribution in [2.24, 2.45) is 0 Å². The molecule has 0 saturated heterocycles. The van der Waals surface area contributed by atoms with Gasteiger partial charge in [-0.25, -0.2) is 0 Å². The molecule has 1 aromatic carbocycles. The van der Waals surface area contributed by atoms with Crippen LogP contribution in [0.3, 0.4) is 0 Å². The molecule has 0 bridgehead atoms. The Morgan fingerprint density at radius 1 is 1.40 bits per heavy atom. The standard InChI is InChI=1S/C11H12O4/c1-7(12)10-11(2,13)15-9-6-4-3-5-8(9)14-10/h3-6,10,13H,1-2H3/t10-,11+/m1/s1. The molecule has 0 aliphatic carbocycles. The second kappa shape index (κ2) is 3.24. The van der Waals surface area contributed by atoms with Crippen LogP contribution in [0.1, 0.15) is 13.8 Å². The maximum Gasteiger partial charge on any atom is 0.250 e. The zero-order valence-corrected chi connectivity index (χ0v) is 8.56. The molecule has 4 nitrogen and oxygen atoms in total. The number of ketones is 1. The Labute approximate surface area is 87.4 Å². The molecule has 15 heavy (non-hydrogen) atoms. The van der Waals surface area contributed by atoms with E-state index in [0.717, 1.165) is 0 Å². The third-order valence-corrected chi connectivity index (χ3v) is 2.27. The Kier molecular flexibility index (Phi) is 2.16. The molecule has 4 heteroatoms. The van der Waals surface area contributed by atoms with Crippen molar-refractivity contribution in [2.75, 3.05) is 0 Å². The summed E-state index contributed by atoms with van der Waals surface area (Å²) in [5.41, 5.74) is 0. The zero-order valence-electron chi connectivity index (χ0n) is 8.56. The van der Waals surface area contributed by atoms with Gasteiger partial charge >= 0.3 is 0 Å². The monoisotopic (exact) mass is 208 g/mol. The van der Waals surface area contributed by atoms with Crippen LogP contribution in [0, 0.1) is 0 Å². The van der Waals surface area contributed by atoms with Crippen molar-refractivity contribution in [1.82, 2.24) is 0 Å². The van der Waals surface area contributed by atoms with Crippen LogP contribution in [0.25, 0.3) is 0 Å². The molecule has 80 valence electrons. The highest BCUT2D eigenvalue weighted by Crippen LogP contribution is 2.36. The first-order valence-electron chi connectivity index (χ1n) is 4.68. The van der Waals surface area contributed by atoms with Crippen LogP contribution in [-0.2, 0) is 4.79 Å². The minimum Gasteiger partial charge on any atom is -0.472 e. The number of hydrogen-bond donors (Lipinski definition) is 1. The molecular formula is C11H12O4. The minimum absolute atomic E-state index is 0.269. The van der Waals surface area contributed by atoms with Crippen molar-refractivity contribution in [2.45, 2.75) is 25.7 Å². The number of benzene rings is 1. The number of rotatable bonds is 1. The summed E-state index contributed by atoms with van der Waals surface area (Å²) in [6, 6.07) is 6.92. The molecule has 1 aromatic rings. The van der Waals surface area contributed by atoms with E-state index in [1.807, 2.05) is 0 Å². The summed E-state index contributed by atoms with van der Waals surface area (Å²) < 4.78 is 10.7. The van der Waals surface area contributed by atoms with Gasteiger partial charge in [0.05, 0.1) is 0 Å². The van der Waals surface area contributed by atoms with Gasteiger partial charge in [0.15, 0.2) is 17.3 Å². The molecule has 1 N–H and O–H groups in total. The molecule has 1 aliphatic rings. The van der Waals surface area contributed by atoms with Gasteiger partial charge in [-0.15, -0.1) is 0 Å². The number of hydrogen-bond acceptors (Lipinski definition) is 4. The Hall–Kier alpha value is -1.55. The highest BCUT2D eigenvalue weighted by molar-refractivity contribution is 5.82. The van der Waals surface area contributed by atoms with Crippen molar-refractivity contribution in [3.05, 3.63) is 24.3 Å².